The molecule has 0 amide bonds. The molecule has 0 aliphatic carbocycles. The first-order chi connectivity index (χ1) is 11.2. The zero-order valence-corrected chi connectivity index (χ0v) is 12.0. The molecule has 4 nitrogen and oxygen atoms in total. The molecule has 0 bridgehead atoms. The zero-order chi connectivity index (χ0) is 15.8. The first-order valence-corrected chi connectivity index (χ1v) is 7.11. The molecule has 2 heterocycles. The smallest absolute Gasteiger partial charge is 0.156 e. The number of aromatic hydroxyl groups is 1. The molecule has 5 heteroatoms. The Labute approximate surface area is 131 Å². The Morgan fingerprint density at radius 2 is 1.78 bits per heavy atom. The van der Waals surface area contributed by atoms with Gasteiger partial charge in [0.05, 0.1) is 11.4 Å². The molecule has 0 aliphatic heterocycles. The van der Waals surface area contributed by atoms with Gasteiger partial charge >= 0.3 is 0 Å². The van der Waals surface area contributed by atoms with Gasteiger partial charge in [0, 0.05) is 23.4 Å². The van der Waals surface area contributed by atoms with Crippen molar-refractivity contribution in [1.82, 2.24) is 14.6 Å². The quantitative estimate of drug-likeness (QED) is 0.611. The predicted molar refractivity (Wildman–Crippen MR) is 85.5 cm³/mol. The maximum absolute atomic E-state index is 13.5. The number of aromatic nitrogens is 3. The first kappa shape index (κ1) is 13.5. The molecule has 4 rings (SSSR count). The highest BCUT2D eigenvalue weighted by Gasteiger charge is 2.13. The molecule has 23 heavy (non-hydrogen) atoms. The molecule has 0 atom stereocenters. The lowest BCUT2D eigenvalue weighted by Crippen LogP contribution is -1.96. The molecule has 0 fully saturated rings. The molecule has 0 unspecified atom stereocenters. The summed E-state index contributed by atoms with van der Waals surface area (Å²) in [5.41, 5.74) is 3.31. The molecule has 0 aliphatic rings. The lowest BCUT2D eigenvalue weighted by molar-refractivity contribution is 0.475. The molecule has 2 aromatic heterocycles. The Morgan fingerprint density at radius 1 is 0.957 bits per heavy atom. The molecular weight excluding hydrogens is 293 g/mol. The number of fused-ring (bicyclic) bond motifs is 1. The Balaban J connectivity index is 1.95. The molecule has 112 valence electrons. The van der Waals surface area contributed by atoms with E-state index in [2.05, 4.69) is 10.1 Å². The average Bonchev–Trinajstić information content (AvgIpc) is 3.02. The largest absolute Gasteiger partial charge is 0.507 e. The molecular formula is C18H12FN3O. The van der Waals surface area contributed by atoms with Gasteiger partial charge in [-0.15, -0.1) is 0 Å². The second-order valence-corrected chi connectivity index (χ2v) is 5.16. The zero-order valence-electron chi connectivity index (χ0n) is 12.0. The maximum Gasteiger partial charge on any atom is 0.156 e. The van der Waals surface area contributed by atoms with Crippen molar-refractivity contribution < 1.29 is 9.50 Å². The fourth-order valence-corrected chi connectivity index (χ4v) is 2.56. The van der Waals surface area contributed by atoms with Crippen molar-refractivity contribution in [2.24, 2.45) is 0 Å². The van der Waals surface area contributed by atoms with Gasteiger partial charge in [-0.1, -0.05) is 30.3 Å². The minimum absolute atomic E-state index is 0.00402. The van der Waals surface area contributed by atoms with Crippen LogP contribution in [-0.4, -0.2) is 19.7 Å². The molecule has 1 N–H and O–H groups in total. The van der Waals surface area contributed by atoms with Crippen LogP contribution in [0.1, 0.15) is 0 Å². The standard InChI is InChI=1S/C18H12FN3O/c19-13-6-7-17(23)14(10-13)16-8-9-20-18-11-15(21-22(16)18)12-4-2-1-3-5-12/h1-11,23H. The van der Waals surface area contributed by atoms with Crippen molar-refractivity contribution in [2.75, 3.05) is 0 Å². The van der Waals surface area contributed by atoms with E-state index in [0.717, 1.165) is 11.3 Å². The summed E-state index contributed by atoms with van der Waals surface area (Å²) in [6.45, 7) is 0. The number of hydrogen-bond donors (Lipinski definition) is 1. The second-order valence-electron chi connectivity index (χ2n) is 5.16. The van der Waals surface area contributed by atoms with Crippen LogP contribution in [0.4, 0.5) is 4.39 Å². The second kappa shape index (κ2) is 5.21. The monoisotopic (exact) mass is 305 g/mol. The number of benzene rings is 2. The van der Waals surface area contributed by atoms with Crippen LogP contribution in [-0.2, 0) is 0 Å². The average molecular weight is 305 g/mol. The summed E-state index contributed by atoms with van der Waals surface area (Å²) in [4.78, 5) is 4.29. The topological polar surface area (TPSA) is 50.4 Å². The summed E-state index contributed by atoms with van der Waals surface area (Å²) in [5.74, 6) is -0.422. The van der Waals surface area contributed by atoms with E-state index in [1.165, 1.54) is 18.2 Å². The van der Waals surface area contributed by atoms with Crippen LogP contribution in [0.3, 0.4) is 0 Å². The van der Waals surface area contributed by atoms with Crippen LogP contribution in [0, 0.1) is 5.82 Å². The van der Waals surface area contributed by atoms with Gasteiger partial charge in [-0.05, 0) is 24.3 Å². The van der Waals surface area contributed by atoms with Gasteiger partial charge in [0.1, 0.15) is 11.6 Å². The van der Waals surface area contributed by atoms with Gasteiger partial charge in [-0.3, -0.25) is 0 Å². The summed E-state index contributed by atoms with van der Waals surface area (Å²) >= 11 is 0. The van der Waals surface area contributed by atoms with Crippen LogP contribution in [0.25, 0.3) is 28.2 Å². The fraction of sp³-hybridized carbons (Fsp3) is 0. The lowest BCUT2D eigenvalue weighted by Gasteiger charge is -2.06. The lowest BCUT2D eigenvalue weighted by atomic mass is 10.1. The van der Waals surface area contributed by atoms with Crippen molar-refractivity contribution in [2.45, 2.75) is 0 Å². The molecule has 0 saturated carbocycles. The van der Waals surface area contributed by atoms with Crippen LogP contribution in [0.5, 0.6) is 5.75 Å². The molecule has 4 aromatic rings. The minimum Gasteiger partial charge on any atom is -0.507 e. The predicted octanol–water partition coefficient (Wildman–Crippen LogP) is 3.91. The number of halogens is 1. The van der Waals surface area contributed by atoms with E-state index in [4.69, 9.17) is 0 Å². The number of rotatable bonds is 2. The SMILES string of the molecule is Oc1ccc(F)cc1-c1ccnc2cc(-c3ccccc3)nn12. The van der Waals surface area contributed by atoms with E-state index in [0.29, 0.717) is 16.9 Å². The highest BCUT2D eigenvalue weighted by molar-refractivity contribution is 5.71. The van der Waals surface area contributed by atoms with Crippen molar-refractivity contribution >= 4 is 5.65 Å². The minimum atomic E-state index is -0.418. The number of nitrogens with zero attached hydrogens (tertiary/aromatic N) is 3. The van der Waals surface area contributed by atoms with Gasteiger partial charge in [0.15, 0.2) is 5.65 Å². The Morgan fingerprint density at radius 3 is 2.61 bits per heavy atom. The van der Waals surface area contributed by atoms with Crippen LogP contribution >= 0.6 is 0 Å². The van der Waals surface area contributed by atoms with E-state index in [1.54, 1.807) is 16.8 Å². The van der Waals surface area contributed by atoms with E-state index in [9.17, 15) is 9.50 Å². The van der Waals surface area contributed by atoms with Crippen molar-refractivity contribution in [3.63, 3.8) is 0 Å². The van der Waals surface area contributed by atoms with Gasteiger partial charge < -0.3 is 5.11 Å². The van der Waals surface area contributed by atoms with Crippen LogP contribution in [0.15, 0.2) is 66.9 Å². The summed E-state index contributed by atoms with van der Waals surface area (Å²) in [7, 11) is 0. The number of phenolic OH excluding ortho intramolecular Hbond substituents is 1. The van der Waals surface area contributed by atoms with Crippen LogP contribution < -0.4 is 0 Å². The summed E-state index contributed by atoms with van der Waals surface area (Å²) < 4.78 is 15.2. The summed E-state index contributed by atoms with van der Waals surface area (Å²) in [5, 5.41) is 14.6. The van der Waals surface area contributed by atoms with Gasteiger partial charge in [0.25, 0.3) is 0 Å². The summed E-state index contributed by atoms with van der Waals surface area (Å²) in [6.07, 6.45) is 1.62. The van der Waals surface area contributed by atoms with E-state index >= 15 is 0 Å². The molecule has 0 saturated heterocycles. The van der Waals surface area contributed by atoms with Gasteiger partial charge in [0.2, 0.25) is 0 Å². The Bertz CT molecular complexity index is 996. The third-order valence-corrected chi connectivity index (χ3v) is 3.66. The fourth-order valence-electron chi connectivity index (χ4n) is 2.56. The third-order valence-electron chi connectivity index (χ3n) is 3.66. The van der Waals surface area contributed by atoms with Gasteiger partial charge in [-0.25, -0.2) is 13.9 Å². The molecule has 0 radical (unpaired) electrons. The normalized spacial score (nSPS) is 11.0. The summed E-state index contributed by atoms with van der Waals surface area (Å²) in [6, 6.07) is 17.1. The Hall–Kier alpha value is -3.21. The van der Waals surface area contributed by atoms with Gasteiger partial charge in [-0.2, -0.15) is 5.10 Å². The van der Waals surface area contributed by atoms with E-state index in [-0.39, 0.29) is 5.75 Å². The van der Waals surface area contributed by atoms with E-state index < -0.39 is 5.82 Å². The van der Waals surface area contributed by atoms with Crippen molar-refractivity contribution in [3.05, 3.63) is 72.7 Å². The third kappa shape index (κ3) is 2.32. The maximum atomic E-state index is 13.5. The van der Waals surface area contributed by atoms with E-state index in [1.807, 2.05) is 36.4 Å². The highest BCUT2D eigenvalue weighted by Crippen LogP contribution is 2.30. The molecule has 0 spiro atoms. The van der Waals surface area contributed by atoms with Crippen molar-refractivity contribution in [1.29, 1.82) is 0 Å². The van der Waals surface area contributed by atoms with Crippen LogP contribution in [0.2, 0.25) is 0 Å². The number of hydrogen-bond acceptors (Lipinski definition) is 3. The first-order valence-electron chi connectivity index (χ1n) is 7.11. The number of phenols is 1. The molecule has 2 aromatic carbocycles. The van der Waals surface area contributed by atoms with Crippen molar-refractivity contribution in [3.8, 4) is 28.3 Å². The Kier molecular flexibility index (Phi) is 3.05. The highest BCUT2D eigenvalue weighted by atomic mass is 19.1.